The van der Waals surface area contributed by atoms with E-state index in [1.165, 1.54) is 25.7 Å². The molecule has 3 aromatic carbocycles. The van der Waals surface area contributed by atoms with E-state index in [0.717, 1.165) is 104 Å². The number of aromatic hydroxyl groups is 1. The van der Waals surface area contributed by atoms with E-state index in [-0.39, 0.29) is 17.2 Å². The summed E-state index contributed by atoms with van der Waals surface area (Å²) in [5.41, 5.74) is 2.93. The van der Waals surface area contributed by atoms with E-state index in [4.69, 9.17) is 14.7 Å². The van der Waals surface area contributed by atoms with Crippen LogP contribution in [0.1, 0.15) is 51.4 Å². The molecule has 5 aliphatic heterocycles. The van der Waals surface area contributed by atoms with E-state index in [1.807, 2.05) is 30.3 Å². The fourth-order valence-corrected chi connectivity index (χ4v) is 9.63. The fourth-order valence-electron chi connectivity index (χ4n) is 9.63. The average molecular weight is 647 g/mol. The van der Waals surface area contributed by atoms with Crippen LogP contribution < -0.4 is 15.0 Å². The van der Waals surface area contributed by atoms with E-state index in [1.54, 1.807) is 0 Å². The molecule has 6 heterocycles. The lowest BCUT2D eigenvalue weighted by Gasteiger charge is -2.42. The van der Waals surface area contributed by atoms with Crippen LogP contribution in [0.15, 0.2) is 54.6 Å². The Labute approximate surface area is 282 Å². The third-order valence-corrected chi connectivity index (χ3v) is 12.2. The van der Waals surface area contributed by atoms with Gasteiger partial charge < -0.3 is 20.1 Å². The minimum absolute atomic E-state index is 0.104. The van der Waals surface area contributed by atoms with E-state index in [2.05, 4.69) is 44.3 Å². The van der Waals surface area contributed by atoms with Crippen LogP contribution in [0.3, 0.4) is 0 Å². The molecule has 5 fully saturated rings. The van der Waals surface area contributed by atoms with Crippen molar-refractivity contribution in [2.75, 3.05) is 57.3 Å². The SMILES string of the molecule is O=C(CN1C2CCC1CN(c1nc(OCC34CCCN3CCC4)nc3cc(-c4cc(O)cc5ccccc45)ccc13)C2)C1CCNCC1. The number of Topliss-reactive ketones (excluding diaryl/α,β-unsaturated/α-hetero) is 1. The number of ether oxygens (including phenoxy) is 1. The summed E-state index contributed by atoms with van der Waals surface area (Å²) < 4.78 is 6.59. The number of phenols is 1. The molecule has 5 aliphatic rings. The van der Waals surface area contributed by atoms with Crippen molar-refractivity contribution in [3.8, 4) is 22.9 Å². The first-order valence-electron chi connectivity index (χ1n) is 18.2. The van der Waals surface area contributed by atoms with E-state index in [0.29, 0.717) is 37.0 Å². The molecule has 4 aromatic rings. The summed E-state index contributed by atoms with van der Waals surface area (Å²) in [6.07, 6.45) is 8.93. The van der Waals surface area contributed by atoms with Crippen molar-refractivity contribution in [3.63, 3.8) is 0 Å². The van der Waals surface area contributed by atoms with Crippen molar-refractivity contribution >= 4 is 33.3 Å². The number of anilines is 1. The van der Waals surface area contributed by atoms with Crippen molar-refractivity contribution in [2.24, 2.45) is 5.92 Å². The summed E-state index contributed by atoms with van der Waals surface area (Å²) in [6.45, 7) is 7.09. The third-order valence-electron chi connectivity index (χ3n) is 12.2. The number of piperidine rings is 1. The number of carbonyl (C=O) groups excluding carboxylic acids is 1. The number of hydrogen-bond donors (Lipinski definition) is 2. The molecule has 2 bridgehead atoms. The minimum Gasteiger partial charge on any atom is -0.508 e. The van der Waals surface area contributed by atoms with Crippen LogP contribution in [0.4, 0.5) is 5.82 Å². The lowest BCUT2D eigenvalue weighted by atomic mass is 9.93. The van der Waals surface area contributed by atoms with Crippen LogP contribution in [0.25, 0.3) is 32.8 Å². The molecule has 0 amide bonds. The molecular formula is C39H46N6O3. The molecule has 0 saturated carbocycles. The minimum atomic E-state index is 0.104. The Morgan fingerprint density at radius 1 is 0.917 bits per heavy atom. The molecule has 2 N–H and O–H groups in total. The van der Waals surface area contributed by atoms with Gasteiger partial charge in [0.15, 0.2) is 0 Å². The van der Waals surface area contributed by atoms with Gasteiger partial charge in [-0.1, -0.05) is 30.3 Å². The number of benzene rings is 3. The van der Waals surface area contributed by atoms with Gasteiger partial charge in [-0.25, -0.2) is 0 Å². The first-order valence-corrected chi connectivity index (χ1v) is 18.2. The second-order valence-electron chi connectivity index (χ2n) is 14.9. The summed E-state index contributed by atoms with van der Waals surface area (Å²) in [7, 11) is 0. The van der Waals surface area contributed by atoms with Crippen molar-refractivity contribution < 1.29 is 14.6 Å². The zero-order valence-corrected chi connectivity index (χ0v) is 27.7. The highest BCUT2D eigenvalue weighted by Crippen LogP contribution is 2.41. The lowest BCUT2D eigenvalue weighted by Crippen LogP contribution is -2.56. The summed E-state index contributed by atoms with van der Waals surface area (Å²) in [5, 5.41) is 17.1. The predicted octanol–water partition coefficient (Wildman–Crippen LogP) is 5.38. The predicted molar refractivity (Wildman–Crippen MR) is 189 cm³/mol. The highest BCUT2D eigenvalue weighted by Gasteiger charge is 2.45. The van der Waals surface area contributed by atoms with Crippen LogP contribution in [0, 0.1) is 5.92 Å². The topological polar surface area (TPSA) is 94.1 Å². The Morgan fingerprint density at radius 2 is 1.69 bits per heavy atom. The fraction of sp³-hybridized carbons (Fsp3) is 0.513. The Kier molecular flexibility index (Phi) is 7.74. The molecule has 9 heteroatoms. The number of piperazine rings is 1. The van der Waals surface area contributed by atoms with Gasteiger partial charge in [0.2, 0.25) is 0 Å². The Bertz CT molecular complexity index is 1830. The largest absolute Gasteiger partial charge is 0.508 e. The number of ketones is 1. The van der Waals surface area contributed by atoms with Crippen molar-refractivity contribution in [2.45, 2.75) is 69.0 Å². The summed E-state index contributed by atoms with van der Waals surface area (Å²) in [4.78, 5) is 31.1. The van der Waals surface area contributed by atoms with Crippen LogP contribution in [0.2, 0.25) is 0 Å². The highest BCUT2D eigenvalue weighted by molar-refractivity contribution is 6.01. The molecular weight excluding hydrogens is 600 g/mol. The first kappa shape index (κ1) is 30.3. The Hall–Kier alpha value is -3.79. The zero-order chi connectivity index (χ0) is 32.2. The van der Waals surface area contributed by atoms with E-state index < -0.39 is 0 Å². The number of fused-ring (bicyclic) bond motifs is 5. The second-order valence-corrected chi connectivity index (χ2v) is 14.9. The smallest absolute Gasteiger partial charge is 0.319 e. The van der Waals surface area contributed by atoms with Gasteiger partial charge in [-0.15, -0.1) is 0 Å². The maximum atomic E-state index is 13.3. The molecule has 0 spiro atoms. The normalized spacial score (nSPS) is 24.5. The van der Waals surface area contributed by atoms with Gasteiger partial charge in [-0.05, 0) is 124 Å². The van der Waals surface area contributed by atoms with Gasteiger partial charge in [-0.2, -0.15) is 9.97 Å². The monoisotopic (exact) mass is 646 g/mol. The summed E-state index contributed by atoms with van der Waals surface area (Å²) >= 11 is 0. The second kappa shape index (κ2) is 12.3. The van der Waals surface area contributed by atoms with Crippen molar-refractivity contribution in [1.29, 1.82) is 0 Å². The number of nitrogens with one attached hydrogen (secondary N) is 1. The third kappa shape index (κ3) is 5.40. The summed E-state index contributed by atoms with van der Waals surface area (Å²) in [6, 6.07) is 19.4. The number of hydrogen-bond acceptors (Lipinski definition) is 9. The van der Waals surface area contributed by atoms with E-state index in [9.17, 15) is 9.90 Å². The number of nitrogens with zero attached hydrogens (tertiary/aromatic N) is 5. The standard InChI is InChI=1S/C39H46N6O3/c46-31-19-27-5-1-2-6-32(27)34(21-31)28-7-10-33-35(20-28)41-38(48-25-39-13-3-17-44(39)18-4-14-39)42-37(33)43-22-29-8-9-30(23-43)45(29)24-36(47)26-11-15-40-16-12-26/h1-2,5-7,10,19-21,26,29-30,40,46H,3-4,8-9,11-18,22-25H2. The number of phenolic OH excluding ortho intramolecular Hbond substituents is 1. The maximum absolute atomic E-state index is 13.3. The van der Waals surface area contributed by atoms with Gasteiger partial charge in [0.05, 0.1) is 17.6 Å². The zero-order valence-electron chi connectivity index (χ0n) is 27.7. The van der Waals surface area contributed by atoms with E-state index >= 15 is 0 Å². The molecule has 9 rings (SSSR count). The highest BCUT2D eigenvalue weighted by atomic mass is 16.5. The molecule has 48 heavy (non-hydrogen) atoms. The van der Waals surface area contributed by atoms with Crippen LogP contribution in [-0.4, -0.2) is 101 Å². The molecule has 0 aliphatic carbocycles. The van der Waals surface area contributed by atoms with Gasteiger partial charge in [0.25, 0.3) is 0 Å². The Balaban J connectivity index is 1.05. The van der Waals surface area contributed by atoms with Gasteiger partial charge in [0, 0.05) is 36.5 Å². The maximum Gasteiger partial charge on any atom is 0.319 e. The summed E-state index contributed by atoms with van der Waals surface area (Å²) in [5.74, 6) is 1.79. The van der Waals surface area contributed by atoms with Gasteiger partial charge >= 0.3 is 6.01 Å². The lowest BCUT2D eigenvalue weighted by molar-refractivity contribution is -0.125. The molecule has 9 nitrogen and oxygen atoms in total. The number of aromatic nitrogens is 2. The van der Waals surface area contributed by atoms with Crippen LogP contribution in [0.5, 0.6) is 11.8 Å². The number of rotatable bonds is 8. The van der Waals surface area contributed by atoms with Gasteiger partial charge in [0.1, 0.15) is 24.0 Å². The molecule has 1 aromatic heterocycles. The van der Waals surface area contributed by atoms with Crippen molar-refractivity contribution in [3.05, 3.63) is 54.6 Å². The first-order chi connectivity index (χ1) is 23.5. The van der Waals surface area contributed by atoms with Crippen LogP contribution in [-0.2, 0) is 4.79 Å². The molecule has 0 radical (unpaired) electrons. The molecule has 250 valence electrons. The van der Waals surface area contributed by atoms with Crippen LogP contribution >= 0.6 is 0 Å². The molecule has 2 unspecified atom stereocenters. The molecule has 2 atom stereocenters. The number of carbonyl (C=O) groups is 1. The average Bonchev–Trinajstić information content (AvgIpc) is 3.76. The molecule has 5 saturated heterocycles. The quantitative estimate of drug-likeness (QED) is 0.262. The Morgan fingerprint density at radius 3 is 2.48 bits per heavy atom. The van der Waals surface area contributed by atoms with Crippen molar-refractivity contribution in [1.82, 2.24) is 25.1 Å². The van der Waals surface area contributed by atoms with Gasteiger partial charge in [-0.3, -0.25) is 14.6 Å².